The average molecular weight is 316 g/mol. The fourth-order valence-electron chi connectivity index (χ4n) is 2.84. The summed E-state index contributed by atoms with van der Waals surface area (Å²) in [5, 5.41) is 2.94. The normalized spacial score (nSPS) is 18.3. The Morgan fingerprint density at radius 1 is 1.35 bits per heavy atom. The van der Waals surface area contributed by atoms with Crippen LogP contribution in [0.25, 0.3) is 0 Å². The van der Waals surface area contributed by atoms with E-state index in [-0.39, 0.29) is 6.03 Å². The lowest BCUT2D eigenvalue weighted by Gasteiger charge is -2.36. The van der Waals surface area contributed by atoms with Gasteiger partial charge in [-0.2, -0.15) is 0 Å². The van der Waals surface area contributed by atoms with Crippen molar-refractivity contribution in [2.75, 3.05) is 13.7 Å². The Morgan fingerprint density at radius 3 is 2.61 bits per heavy atom. The zero-order valence-corrected chi connectivity index (χ0v) is 14.3. The molecule has 0 aromatic heterocycles. The molecule has 1 aliphatic heterocycles. The predicted octanol–water partition coefficient (Wildman–Crippen LogP) is 3.16. The maximum Gasteiger partial charge on any atom is 0.337 e. The number of hydrogen-bond acceptors (Lipinski definition) is 3. The predicted molar refractivity (Wildman–Crippen MR) is 88.7 cm³/mol. The van der Waals surface area contributed by atoms with Gasteiger partial charge in [0, 0.05) is 12.2 Å². The molecule has 1 aromatic carbocycles. The second kappa shape index (κ2) is 6.86. The van der Waals surface area contributed by atoms with E-state index in [2.05, 4.69) is 5.32 Å². The Morgan fingerprint density at radius 2 is 2.04 bits per heavy atom. The van der Waals surface area contributed by atoms with Crippen molar-refractivity contribution in [2.24, 2.45) is 5.92 Å². The molecule has 1 atom stereocenters. The minimum Gasteiger partial charge on any atom is -0.466 e. The molecule has 1 heterocycles. The van der Waals surface area contributed by atoms with Crippen molar-refractivity contribution in [1.82, 2.24) is 10.2 Å². The number of carbonyl (C=O) groups is 2. The van der Waals surface area contributed by atoms with Crippen LogP contribution >= 0.6 is 0 Å². The number of esters is 1. The molecule has 0 saturated heterocycles. The number of methoxy groups -OCH3 is 1. The first-order valence-electron chi connectivity index (χ1n) is 7.78. The first kappa shape index (κ1) is 17.1. The van der Waals surface area contributed by atoms with Crippen molar-refractivity contribution in [3.63, 3.8) is 0 Å². The molecule has 0 radical (unpaired) electrons. The van der Waals surface area contributed by atoms with Gasteiger partial charge in [-0.15, -0.1) is 0 Å². The van der Waals surface area contributed by atoms with Crippen LogP contribution in [-0.4, -0.2) is 30.6 Å². The van der Waals surface area contributed by atoms with Gasteiger partial charge in [0.25, 0.3) is 0 Å². The SMILES string of the molecule is COC(=O)C1=C(C)N(CC(C)C)C(=O)NC1c1cccc(C)c1. The summed E-state index contributed by atoms with van der Waals surface area (Å²) in [6.45, 7) is 8.40. The van der Waals surface area contributed by atoms with Crippen LogP contribution in [0.15, 0.2) is 35.5 Å². The first-order valence-corrected chi connectivity index (χ1v) is 7.78. The molecule has 2 rings (SSSR count). The quantitative estimate of drug-likeness (QED) is 0.868. The first-order chi connectivity index (χ1) is 10.8. The summed E-state index contributed by atoms with van der Waals surface area (Å²) in [5.74, 6) is -0.118. The van der Waals surface area contributed by atoms with Gasteiger partial charge in [-0.25, -0.2) is 9.59 Å². The Kier molecular flexibility index (Phi) is 5.08. The van der Waals surface area contributed by atoms with Crippen molar-refractivity contribution in [3.8, 4) is 0 Å². The largest absolute Gasteiger partial charge is 0.466 e. The topological polar surface area (TPSA) is 58.6 Å². The van der Waals surface area contributed by atoms with E-state index in [0.29, 0.717) is 23.7 Å². The highest BCUT2D eigenvalue weighted by atomic mass is 16.5. The minimum absolute atomic E-state index is 0.185. The second-order valence-corrected chi connectivity index (χ2v) is 6.29. The van der Waals surface area contributed by atoms with E-state index in [9.17, 15) is 9.59 Å². The van der Waals surface area contributed by atoms with E-state index < -0.39 is 12.0 Å². The van der Waals surface area contributed by atoms with E-state index in [4.69, 9.17) is 4.74 Å². The van der Waals surface area contributed by atoms with Crippen LogP contribution < -0.4 is 5.32 Å². The molecule has 0 fully saturated rings. The van der Waals surface area contributed by atoms with Crippen LogP contribution in [0.5, 0.6) is 0 Å². The fraction of sp³-hybridized carbons (Fsp3) is 0.444. The Bertz CT molecular complexity index is 649. The number of aryl methyl sites for hydroxylation is 1. The van der Waals surface area contributed by atoms with Crippen LogP contribution in [0.1, 0.15) is 37.9 Å². The standard InChI is InChI=1S/C18H24N2O3/c1-11(2)10-20-13(4)15(17(21)23-5)16(19-18(20)22)14-8-6-7-12(3)9-14/h6-9,11,16H,10H2,1-5H3,(H,19,22). The Labute approximate surface area is 137 Å². The summed E-state index contributed by atoms with van der Waals surface area (Å²) in [4.78, 5) is 26.4. The summed E-state index contributed by atoms with van der Waals surface area (Å²) in [6.07, 6.45) is 0. The fourth-order valence-corrected chi connectivity index (χ4v) is 2.84. The average Bonchev–Trinajstić information content (AvgIpc) is 2.50. The molecule has 0 bridgehead atoms. The van der Waals surface area contributed by atoms with Gasteiger partial charge in [0.05, 0.1) is 18.7 Å². The van der Waals surface area contributed by atoms with Gasteiger partial charge in [0.1, 0.15) is 0 Å². The molecular formula is C18H24N2O3. The number of hydrogen-bond donors (Lipinski definition) is 1. The molecule has 0 aliphatic carbocycles. The maximum absolute atomic E-state index is 12.5. The number of nitrogens with one attached hydrogen (secondary N) is 1. The molecule has 1 unspecified atom stereocenters. The van der Waals surface area contributed by atoms with E-state index >= 15 is 0 Å². The van der Waals surface area contributed by atoms with Crippen LogP contribution in [-0.2, 0) is 9.53 Å². The number of allylic oxidation sites excluding steroid dienone is 1. The number of carbonyl (C=O) groups excluding carboxylic acids is 2. The summed E-state index contributed by atoms with van der Waals surface area (Å²) in [6, 6.07) is 7.11. The van der Waals surface area contributed by atoms with Gasteiger partial charge in [-0.05, 0) is 25.3 Å². The number of urea groups is 1. The molecule has 5 nitrogen and oxygen atoms in total. The molecule has 1 N–H and O–H groups in total. The van der Waals surface area contributed by atoms with Gasteiger partial charge in [-0.3, -0.25) is 4.90 Å². The van der Waals surface area contributed by atoms with E-state index in [0.717, 1.165) is 11.1 Å². The van der Waals surface area contributed by atoms with Gasteiger partial charge < -0.3 is 10.1 Å². The van der Waals surface area contributed by atoms with Crippen molar-refractivity contribution in [2.45, 2.75) is 33.7 Å². The number of nitrogens with zero attached hydrogens (tertiary/aromatic N) is 1. The van der Waals surface area contributed by atoms with Gasteiger partial charge in [-0.1, -0.05) is 43.7 Å². The summed E-state index contributed by atoms with van der Waals surface area (Å²) in [5.41, 5.74) is 3.09. The maximum atomic E-state index is 12.5. The number of amides is 2. The molecular weight excluding hydrogens is 292 g/mol. The number of ether oxygens (including phenoxy) is 1. The number of rotatable bonds is 4. The van der Waals surface area contributed by atoms with Crippen LogP contribution in [0.2, 0.25) is 0 Å². The van der Waals surface area contributed by atoms with Crippen molar-refractivity contribution in [1.29, 1.82) is 0 Å². The summed E-state index contributed by atoms with van der Waals surface area (Å²) >= 11 is 0. The highest BCUT2D eigenvalue weighted by molar-refractivity contribution is 5.95. The third-order valence-electron chi connectivity index (χ3n) is 3.92. The molecule has 5 heteroatoms. The molecule has 23 heavy (non-hydrogen) atoms. The van der Waals surface area contributed by atoms with E-state index in [1.54, 1.807) is 11.8 Å². The van der Waals surface area contributed by atoms with Crippen LogP contribution in [0, 0.1) is 12.8 Å². The third-order valence-corrected chi connectivity index (χ3v) is 3.92. The van der Waals surface area contributed by atoms with Crippen LogP contribution in [0.4, 0.5) is 4.79 Å². The van der Waals surface area contributed by atoms with Gasteiger partial charge >= 0.3 is 12.0 Å². The van der Waals surface area contributed by atoms with Crippen molar-refractivity contribution >= 4 is 12.0 Å². The molecule has 1 aliphatic rings. The van der Waals surface area contributed by atoms with E-state index in [1.165, 1.54) is 7.11 Å². The third kappa shape index (κ3) is 3.55. The van der Waals surface area contributed by atoms with Gasteiger partial charge in [0.2, 0.25) is 0 Å². The van der Waals surface area contributed by atoms with Crippen molar-refractivity contribution in [3.05, 3.63) is 46.7 Å². The lowest BCUT2D eigenvalue weighted by molar-refractivity contribution is -0.136. The highest BCUT2D eigenvalue weighted by Gasteiger charge is 2.36. The lowest BCUT2D eigenvalue weighted by atomic mass is 9.93. The zero-order chi connectivity index (χ0) is 17.1. The lowest BCUT2D eigenvalue weighted by Crippen LogP contribution is -2.49. The van der Waals surface area contributed by atoms with Gasteiger partial charge in [0.15, 0.2) is 0 Å². The second-order valence-electron chi connectivity index (χ2n) is 6.29. The molecule has 0 saturated carbocycles. The summed E-state index contributed by atoms with van der Waals surface area (Å²) < 4.78 is 4.96. The Hall–Kier alpha value is -2.30. The van der Waals surface area contributed by atoms with E-state index in [1.807, 2.05) is 45.0 Å². The highest BCUT2D eigenvalue weighted by Crippen LogP contribution is 2.31. The number of benzene rings is 1. The minimum atomic E-state index is -0.488. The smallest absolute Gasteiger partial charge is 0.337 e. The summed E-state index contributed by atoms with van der Waals surface area (Å²) in [7, 11) is 1.36. The monoisotopic (exact) mass is 316 g/mol. The van der Waals surface area contributed by atoms with Crippen LogP contribution in [0.3, 0.4) is 0 Å². The molecule has 2 amide bonds. The van der Waals surface area contributed by atoms with Crippen molar-refractivity contribution < 1.29 is 14.3 Å². The molecule has 0 spiro atoms. The molecule has 124 valence electrons. The molecule has 1 aromatic rings. The zero-order valence-electron chi connectivity index (χ0n) is 14.3. The Balaban J connectivity index is 2.52.